The second kappa shape index (κ2) is 17.5. The van der Waals surface area contributed by atoms with Crippen LogP contribution in [0.4, 0.5) is 34.1 Å². The van der Waals surface area contributed by atoms with Gasteiger partial charge in [-0.25, -0.2) is 0 Å². The molecule has 0 atom stereocenters. The van der Waals surface area contributed by atoms with Crippen molar-refractivity contribution in [2.24, 2.45) is 0 Å². The molecule has 0 radical (unpaired) electrons. The first-order valence-electron chi connectivity index (χ1n) is 32.2. The normalized spacial score (nSPS) is 19.1. The lowest BCUT2D eigenvalue weighted by Crippen LogP contribution is -2.62. The van der Waals surface area contributed by atoms with Gasteiger partial charge < -0.3 is 9.80 Å². The molecule has 2 aliphatic heterocycles. The first-order chi connectivity index (χ1) is 40.4. The van der Waals surface area contributed by atoms with Crippen LogP contribution >= 0.6 is 0 Å². The van der Waals surface area contributed by atoms with E-state index < -0.39 is 0 Å². The Labute approximate surface area is 515 Å². The van der Waals surface area contributed by atoms with Gasteiger partial charge in [-0.2, -0.15) is 0 Å². The molecule has 0 aromatic heterocycles. The molecule has 9 aromatic carbocycles. The number of hydrogen-bond acceptors (Lipinski definition) is 2. The molecule has 0 saturated carbocycles. The molecule has 0 unspecified atom stereocenters. The lowest BCUT2D eigenvalue weighted by Gasteiger charge is -2.49. The van der Waals surface area contributed by atoms with E-state index in [1.54, 1.807) is 0 Å². The molecule has 0 amide bonds. The summed E-state index contributed by atoms with van der Waals surface area (Å²) >= 11 is 0. The third-order valence-electron chi connectivity index (χ3n) is 23.2. The molecule has 4 aliphatic carbocycles. The molecule has 15 rings (SSSR count). The number of nitrogens with zero attached hydrogens (tertiary/aromatic N) is 2. The summed E-state index contributed by atoms with van der Waals surface area (Å²) in [7, 11) is 0. The summed E-state index contributed by atoms with van der Waals surface area (Å²) in [6.07, 6.45) is 2.32. The van der Waals surface area contributed by atoms with Crippen molar-refractivity contribution in [1.29, 1.82) is 0 Å². The molecular weight excluding hydrogens is 1040 g/mol. The first-order valence-corrected chi connectivity index (χ1v) is 32.2. The zero-order valence-corrected chi connectivity index (χ0v) is 54.9. The molecule has 3 heteroatoms. The Morgan fingerprint density at radius 1 is 0.360 bits per heavy atom. The summed E-state index contributed by atoms with van der Waals surface area (Å²) in [4.78, 5) is 5.57. The summed E-state index contributed by atoms with van der Waals surface area (Å²) in [6, 6.07) is 63.8. The highest BCUT2D eigenvalue weighted by Gasteiger charge is 2.52. The van der Waals surface area contributed by atoms with Crippen molar-refractivity contribution in [3.05, 3.63) is 241 Å². The molecule has 0 saturated heterocycles. The van der Waals surface area contributed by atoms with E-state index in [1.165, 1.54) is 163 Å². The fraction of sp³-hybridized carbons (Fsp3) is 0.349. The van der Waals surface area contributed by atoms with Gasteiger partial charge in [-0.3, -0.25) is 0 Å². The van der Waals surface area contributed by atoms with Gasteiger partial charge in [0.15, 0.2) is 0 Å². The molecule has 432 valence electrons. The Hall–Kier alpha value is -7.36. The van der Waals surface area contributed by atoms with E-state index in [2.05, 4.69) is 299 Å². The van der Waals surface area contributed by atoms with E-state index in [1.807, 2.05) is 0 Å². The topological polar surface area (TPSA) is 6.48 Å². The van der Waals surface area contributed by atoms with Crippen molar-refractivity contribution in [3.8, 4) is 22.3 Å². The monoisotopic (exact) mass is 1120 g/mol. The van der Waals surface area contributed by atoms with Crippen LogP contribution in [-0.4, -0.2) is 6.71 Å². The molecule has 2 nitrogen and oxygen atoms in total. The smallest absolute Gasteiger partial charge is 0.252 e. The minimum atomic E-state index is -0.267. The maximum atomic E-state index is 2.83. The SMILES string of the molecule is Cc1ccccc1-c1cc2c3c(c1)N(c1cc4c(cc1C)C(C)(C)CCC4(C)C)c1c(ccc4c1-c1cc(C(C)(C)C)ccc1C4(C)C)B3c1cc3c(cc1N2c1ccc2c(c1)C(C)(C)c1ccccc1C2(C)C)C(C)(C)c1ccccc1C3(C)C. The van der Waals surface area contributed by atoms with Crippen LogP contribution in [0.3, 0.4) is 0 Å². The highest BCUT2D eigenvalue weighted by molar-refractivity contribution is 7.00. The van der Waals surface area contributed by atoms with Gasteiger partial charge in [-0.15, -0.1) is 0 Å². The molecule has 86 heavy (non-hydrogen) atoms. The standard InChI is InChI=1S/C83H87BN2/c1-48-26-20-21-27-53(48)50-41-71-74-72(42-50)86(69-46-63-62(40-49(69)2)77(6,7)38-39-78(63,8)9)75-67(37-36-61-73(75)54-43-51(76(3,4)5)32-34-55(54)79(61,10)11)84(74)68-45-65-66(83(18,19)59-31-25-24-30-58(59)82(65,16)17)47-70(68)85(71)52-33-35-60-64(44-52)81(14,15)57-29-23-22-28-56(57)80(60,12)13/h20-37,40-47H,38-39H2,1-19H3. The Morgan fingerprint density at radius 2 is 0.837 bits per heavy atom. The van der Waals surface area contributed by atoms with Gasteiger partial charge in [0.2, 0.25) is 0 Å². The fourth-order valence-electron chi connectivity index (χ4n) is 17.9. The van der Waals surface area contributed by atoms with Crippen LogP contribution in [-0.2, 0) is 43.3 Å². The molecule has 6 aliphatic rings. The highest BCUT2D eigenvalue weighted by atomic mass is 15.2. The summed E-state index contributed by atoms with van der Waals surface area (Å²) in [5.41, 5.74) is 36.9. The average Bonchev–Trinajstić information content (AvgIpc) is 0.973. The lowest BCUT2D eigenvalue weighted by atomic mass is 9.32. The molecule has 0 N–H and O–H groups in total. The van der Waals surface area contributed by atoms with Gasteiger partial charge in [-0.1, -0.05) is 239 Å². The van der Waals surface area contributed by atoms with E-state index >= 15 is 0 Å². The molecule has 2 heterocycles. The second-order valence-corrected chi connectivity index (χ2v) is 32.1. The lowest BCUT2D eigenvalue weighted by molar-refractivity contribution is 0.332. The van der Waals surface area contributed by atoms with Gasteiger partial charge >= 0.3 is 0 Å². The van der Waals surface area contributed by atoms with Crippen molar-refractivity contribution in [2.75, 3.05) is 9.80 Å². The van der Waals surface area contributed by atoms with Crippen LogP contribution < -0.4 is 26.2 Å². The van der Waals surface area contributed by atoms with Crippen LogP contribution in [0.25, 0.3) is 22.3 Å². The van der Waals surface area contributed by atoms with Crippen molar-refractivity contribution < 1.29 is 0 Å². The molecule has 9 aromatic rings. The van der Waals surface area contributed by atoms with Crippen LogP contribution in [0, 0.1) is 13.8 Å². The molecule has 0 fully saturated rings. The van der Waals surface area contributed by atoms with Gasteiger partial charge in [-0.05, 0) is 196 Å². The Morgan fingerprint density at radius 3 is 1.43 bits per heavy atom. The zero-order chi connectivity index (χ0) is 60.7. The predicted octanol–water partition coefficient (Wildman–Crippen LogP) is 19.9. The number of fused-ring (bicyclic) bond motifs is 13. The van der Waals surface area contributed by atoms with E-state index in [0.29, 0.717) is 0 Å². The minimum absolute atomic E-state index is 0.00491. The summed E-state index contributed by atoms with van der Waals surface area (Å²) in [6.45, 7) is 46.4. The van der Waals surface area contributed by atoms with Gasteiger partial charge in [0, 0.05) is 66.8 Å². The van der Waals surface area contributed by atoms with E-state index in [4.69, 9.17) is 0 Å². The maximum absolute atomic E-state index is 2.83. The number of benzene rings is 9. The van der Waals surface area contributed by atoms with Gasteiger partial charge in [0.1, 0.15) is 0 Å². The van der Waals surface area contributed by atoms with Gasteiger partial charge in [0.25, 0.3) is 6.71 Å². The Kier molecular flexibility index (Phi) is 11.2. The van der Waals surface area contributed by atoms with E-state index in [0.717, 1.165) is 6.42 Å². The van der Waals surface area contributed by atoms with E-state index in [9.17, 15) is 0 Å². The Balaban J connectivity index is 1.13. The number of anilines is 6. The predicted molar refractivity (Wildman–Crippen MR) is 368 cm³/mol. The second-order valence-electron chi connectivity index (χ2n) is 32.1. The Bertz CT molecular complexity index is 4460. The summed E-state index contributed by atoms with van der Waals surface area (Å²) in [5, 5.41) is 0. The van der Waals surface area contributed by atoms with Crippen molar-refractivity contribution >= 4 is 57.2 Å². The quantitative estimate of drug-likeness (QED) is 0.163. The third-order valence-corrected chi connectivity index (χ3v) is 23.2. The summed E-state index contributed by atoms with van der Waals surface area (Å²) in [5.74, 6) is 0. The highest BCUT2D eigenvalue weighted by Crippen LogP contribution is 2.60. The average molecular weight is 1120 g/mol. The first kappa shape index (κ1) is 55.2. The van der Waals surface area contributed by atoms with Gasteiger partial charge in [0.05, 0.1) is 0 Å². The largest absolute Gasteiger partial charge is 0.311 e. The van der Waals surface area contributed by atoms with Crippen LogP contribution in [0.5, 0.6) is 0 Å². The van der Waals surface area contributed by atoms with E-state index in [-0.39, 0.29) is 50.0 Å². The third kappa shape index (κ3) is 7.27. The number of hydrogen-bond donors (Lipinski definition) is 0. The maximum Gasteiger partial charge on any atom is 0.252 e. The van der Waals surface area contributed by atoms with Crippen LogP contribution in [0.15, 0.2) is 158 Å². The van der Waals surface area contributed by atoms with Crippen LogP contribution in [0.2, 0.25) is 0 Å². The zero-order valence-electron chi connectivity index (χ0n) is 54.9. The molecule has 0 bridgehead atoms. The summed E-state index contributed by atoms with van der Waals surface area (Å²) < 4.78 is 0. The van der Waals surface area contributed by atoms with Crippen molar-refractivity contribution in [2.45, 2.75) is 188 Å². The molecule has 0 spiro atoms. The van der Waals surface area contributed by atoms with Crippen molar-refractivity contribution in [3.63, 3.8) is 0 Å². The van der Waals surface area contributed by atoms with Crippen LogP contribution in [0.1, 0.15) is 214 Å². The molecular formula is C83H87BN2. The minimum Gasteiger partial charge on any atom is -0.311 e. The number of rotatable bonds is 3. The number of aryl methyl sites for hydroxylation is 2. The van der Waals surface area contributed by atoms with Crippen molar-refractivity contribution in [1.82, 2.24) is 0 Å². The fourth-order valence-corrected chi connectivity index (χ4v) is 17.9.